The van der Waals surface area contributed by atoms with Crippen LogP contribution in [0.1, 0.15) is 24.1 Å². The Labute approximate surface area is 125 Å². The maximum atomic E-state index is 13.1. The van der Waals surface area contributed by atoms with Crippen LogP contribution in [0.4, 0.5) is 10.1 Å². The van der Waals surface area contributed by atoms with E-state index in [-0.39, 0.29) is 11.1 Å². The van der Waals surface area contributed by atoms with Crippen LogP contribution in [0.2, 0.25) is 5.02 Å². The van der Waals surface area contributed by atoms with Gasteiger partial charge in [-0.2, -0.15) is 0 Å². The molecule has 1 atom stereocenters. The number of hydrogen-bond acceptors (Lipinski definition) is 1. The van der Waals surface area contributed by atoms with Gasteiger partial charge in [0.1, 0.15) is 5.82 Å². The van der Waals surface area contributed by atoms with E-state index in [1.807, 2.05) is 32.0 Å². The Bertz CT molecular complexity index is 601. The van der Waals surface area contributed by atoms with Gasteiger partial charge in [-0.25, -0.2) is 4.39 Å². The van der Waals surface area contributed by atoms with Crippen LogP contribution in [0.15, 0.2) is 40.9 Å². The molecule has 0 radical (unpaired) electrons. The monoisotopic (exact) mass is 341 g/mol. The van der Waals surface area contributed by atoms with Crippen LogP contribution in [-0.2, 0) is 0 Å². The fraction of sp³-hybridized carbons (Fsp3) is 0.200. The molecule has 0 saturated carbocycles. The Hall–Kier alpha value is -1.06. The van der Waals surface area contributed by atoms with E-state index in [1.165, 1.54) is 6.07 Å². The number of anilines is 1. The van der Waals surface area contributed by atoms with E-state index < -0.39 is 5.82 Å². The zero-order valence-electron chi connectivity index (χ0n) is 10.7. The van der Waals surface area contributed by atoms with Crippen molar-refractivity contribution in [3.05, 3.63) is 62.8 Å². The normalized spacial score (nSPS) is 12.3. The minimum Gasteiger partial charge on any atom is -0.378 e. The summed E-state index contributed by atoms with van der Waals surface area (Å²) in [7, 11) is 0. The standard InChI is InChI=1S/C15H14BrClFN/c1-9-3-5-12(16)8-15(9)19-10(2)11-4-6-14(18)13(17)7-11/h3-8,10,19H,1-2H3. The van der Waals surface area contributed by atoms with E-state index in [0.717, 1.165) is 21.3 Å². The molecule has 4 heteroatoms. The highest BCUT2D eigenvalue weighted by Crippen LogP contribution is 2.27. The summed E-state index contributed by atoms with van der Waals surface area (Å²) in [5.74, 6) is -0.392. The van der Waals surface area contributed by atoms with Gasteiger partial charge in [0.05, 0.1) is 5.02 Å². The molecule has 1 N–H and O–H groups in total. The van der Waals surface area contributed by atoms with Crippen LogP contribution >= 0.6 is 27.5 Å². The predicted molar refractivity (Wildman–Crippen MR) is 82.3 cm³/mol. The molecule has 2 rings (SSSR count). The molecule has 0 aliphatic rings. The average Bonchev–Trinajstić information content (AvgIpc) is 2.37. The number of benzene rings is 2. The fourth-order valence-electron chi connectivity index (χ4n) is 1.85. The first-order chi connectivity index (χ1) is 8.97. The number of nitrogens with one attached hydrogen (secondary N) is 1. The second kappa shape index (κ2) is 5.93. The summed E-state index contributed by atoms with van der Waals surface area (Å²) < 4.78 is 14.2. The second-order valence-electron chi connectivity index (χ2n) is 4.50. The molecule has 0 fully saturated rings. The average molecular weight is 343 g/mol. The molecule has 0 bridgehead atoms. The van der Waals surface area contributed by atoms with Gasteiger partial charge in [0, 0.05) is 16.2 Å². The number of aryl methyl sites for hydroxylation is 1. The van der Waals surface area contributed by atoms with Gasteiger partial charge in [0.2, 0.25) is 0 Å². The van der Waals surface area contributed by atoms with Gasteiger partial charge in [0.25, 0.3) is 0 Å². The van der Waals surface area contributed by atoms with Crippen molar-refractivity contribution in [2.24, 2.45) is 0 Å². The van der Waals surface area contributed by atoms with Crippen LogP contribution < -0.4 is 5.32 Å². The number of halogens is 3. The van der Waals surface area contributed by atoms with Crippen LogP contribution in [0.3, 0.4) is 0 Å². The first-order valence-electron chi connectivity index (χ1n) is 5.95. The van der Waals surface area contributed by atoms with Crippen LogP contribution in [0, 0.1) is 12.7 Å². The Morgan fingerprint density at radius 1 is 1.21 bits per heavy atom. The van der Waals surface area contributed by atoms with Crippen LogP contribution in [0.5, 0.6) is 0 Å². The van der Waals surface area contributed by atoms with Gasteiger partial charge in [-0.3, -0.25) is 0 Å². The third kappa shape index (κ3) is 3.48. The van der Waals surface area contributed by atoms with Crippen LogP contribution in [-0.4, -0.2) is 0 Å². The third-order valence-corrected chi connectivity index (χ3v) is 3.80. The van der Waals surface area contributed by atoms with E-state index in [9.17, 15) is 4.39 Å². The molecule has 0 aliphatic carbocycles. The molecule has 0 spiro atoms. The molecule has 100 valence electrons. The zero-order valence-corrected chi connectivity index (χ0v) is 13.0. The van der Waals surface area contributed by atoms with Crippen molar-refractivity contribution in [1.82, 2.24) is 0 Å². The highest BCUT2D eigenvalue weighted by Gasteiger charge is 2.09. The lowest BCUT2D eigenvalue weighted by atomic mass is 10.1. The van der Waals surface area contributed by atoms with Gasteiger partial charge < -0.3 is 5.32 Å². The van der Waals surface area contributed by atoms with Crippen molar-refractivity contribution in [3.63, 3.8) is 0 Å². The minimum atomic E-state index is -0.392. The van der Waals surface area contributed by atoms with Gasteiger partial charge in [0.15, 0.2) is 0 Å². The Balaban J connectivity index is 2.22. The van der Waals surface area contributed by atoms with Gasteiger partial charge in [-0.15, -0.1) is 0 Å². The van der Waals surface area contributed by atoms with Gasteiger partial charge >= 0.3 is 0 Å². The Morgan fingerprint density at radius 2 is 1.95 bits per heavy atom. The highest BCUT2D eigenvalue weighted by molar-refractivity contribution is 9.10. The van der Waals surface area contributed by atoms with Crippen molar-refractivity contribution in [2.75, 3.05) is 5.32 Å². The summed E-state index contributed by atoms with van der Waals surface area (Å²) in [5.41, 5.74) is 3.15. The van der Waals surface area contributed by atoms with E-state index in [0.29, 0.717) is 0 Å². The first-order valence-corrected chi connectivity index (χ1v) is 7.12. The molecular weight excluding hydrogens is 329 g/mol. The molecule has 1 nitrogen and oxygen atoms in total. The van der Waals surface area contributed by atoms with E-state index in [1.54, 1.807) is 12.1 Å². The molecule has 0 saturated heterocycles. The summed E-state index contributed by atoms with van der Waals surface area (Å²) in [4.78, 5) is 0. The maximum absolute atomic E-state index is 13.1. The quantitative estimate of drug-likeness (QED) is 0.752. The largest absolute Gasteiger partial charge is 0.378 e. The zero-order chi connectivity index (χ0) is 14.0. The first kappa shape index (κ1) is 14.4. The van der Waals surface area contributed by atoms with Gasteiger partial charge in [-0.05, 0) is 49.2 Å². The molecule has 0 amide bonds. The molecule has 2 aromatic carbocycles. The maximum Gasteiger partial charge on any atom is 0.141 e. The van der Waals surface area contributed by atoms with Crippen LogP contribution in [0.25, 0.3) is 0 Å². The van der Waals surface area contributed by atoms with Crippen molar-refractivity contribution < 1.29 is 4.39 Å². The highest BCUT2D eigenvalue weighted by atomic mass is 79.9. The van der Waals surface area contributed by atoms with Crippen molar-refractivity contribution in [3.8, 4) is 0 Å². The number of rotatable bonds is 3. The van der Waals surface area contributed by atoms with Gasteiger partial charge in [-0.1, -0.05) is 39.7 Å². The fourth-order valence-corrected chi connectivity index (χ4v) is 2.40. The molecule has 2 aromatic rings. The SMILES string of the molecule is Cc1ccc(Br)cc1NC(C)c1ccc(F)c(Cl)c1. The Kier molecular flexibility index (Phi) is 4.48. The van der Waals surface area contributed by atoms with E-state index in [4.69, 9.17) is 11.6 Å². The summed E-state index contributed by atoms with van der Waals surface area (Å²) in [5, 5.41) is 3.55. The lowest BCUT2D eigenvalue weighted by Crippen LogP contribution is -2.07. The summed E-state index contributed by atoms with van der Waals surface area (Å²) >= 11 is 9.26. The summed E-state index contributed by atoms with van der Waals surface area (Å²) in [6, 6.07) is 10.9. The smallest absolute Gasteiger partial charge is 0.141 e. The van der Waals surface area contributed by atoms with Crippen molar-refractivity contribution in [1.29, 1.82) is 0 Å². The summed E-state index contributed by atoms with van der Waals surface area (Å²) in [6.07, 6.45) is 0. The lowest BCUT2D eigenvalue weighted by Gasteiger charge is -2.18. The molecule has 1 unspecified atom stereocenters. The molecular formula is C15H14BrClFN. The molecule has 0 aliphatic heterocycles. The van der Waals surface area contributed by atoms with E-state index >= 15 is 0 Å². The lowest BCUT2D eigenvalue weighted by molar-refractivity contribution is 0.627. The topological polar surface area (TPSA) is 12.0 Å². The van der Waals surface area contributed by atoms with Crippen molar-refractivity contribution in [2.45, 2.75) is 19.9 Å². The second-order valence-corrected chi connectivity index (χ2v) is 5.82. The minimum absolute atomic E-state index is 0.0473. The number of hydrogen-bond donors (Lipinski definition) is 1. The molecule has 0 aromatic heterocycles. The van der Waals surface area contributed by atoms with E-state index in [2.05, 4.69) is 21.2 Å². The Morgan fingerprint density at radius 3 is 2.63 bits per heavy atom. The third-order valence-electron chi connectivity index (χ3n) is 3.02. The molecule has 0 heterocycles. The molecule has 19 heavy (non-hydrogen) atoms. The predicted octanol–water partition coefficient (Wildman–Crippen LogP) is 5.72. The summed E-state index contributed by atoms with van der Waals surface area (Å²) in [6.45, 7) is 4.06. The van der Waals surface area contributed by atoms with Crippen molar-refractivity contribution >= 4 is 33.2 Å².